The van der Waals surface area contributed by atoms with Gasteiger partial charge in [0.05, 0.1) is 45.0 Å². The van der Waals surface area contributed by atoms with E-state index < -0.39 is 0 Å². The third-order valence-corrected chi connectivity index (χ3v) is 11.3. The second-order valence-corrected chi connectivity index (χ2v) is 14.8. The van der Waals surface area contributed by atoms with E-state index in [-0.39, 0.29) is 0 Å². The van der Waals surface area contributed by atoms with Gasteiger partial charge in [-0.2, -0.15) is 0 Å². The van der Waals surface area contributed by atoms with E-state index in [0.29, 0.717) is 0 Å². The van der Waals surface area contributed by atoms with Crippen LogP contribution in [0.1, 0.15) is 17.7 Å². The molecular weight excluding hydrogens is 707 g/mol. The highest BCUT2D eigenvalue weighted by Crippen LogP contribution is 2.39. The maximum atomic E-state index is 5.02. The Bertz CT molecular complexity index is 3150. The third-order valence-electron chi connectivity index (χ3n) is 11.3. The van der Waals surface area contributed by atoms with Crippen molar-refractivity contribution >= 4 is 38.8 Å². The minimum absolute atomic E-state index is 0.810. The molecule has 5 heteroatoms. The summed E-state index contributed by atoms with van der Waals surface area (Å²) in [6, 6.07) is 58.3. The Hall–Kier alpha value is -7.63. The lowest BCUT2D eigenvalue weighted by molar-refractivity contribution is 0.984. The maximum Gasteiger partial charge on any atom is 0.0900 e. The first-order valence-electron chi connectivity index (χ1n) is 19.8. The van der Waals surface area contributed by atoms with E-state index in [9.17, 15) is 0 Å². The predicted octanol–water partition coefficient (Wildman–Crippen LogP) is 13.1. The lowest BCUT2D eigenvalue weighted by Gasteiger charge is -2.14. The van der Waals surface area contributed by atoms with Crippen LogP contribution in [0.15, 0.2) is 194 Å². The smallest absolute Gasteiger partial charge is 0.0900 e. The fourth-order valence-electron chi connectivity index (χ4n) is 8.64. The second kappa shape index (κ2) is 14.1. The lowest BCUT2D eigenvalue weighted by Crippen LogP contribution is -1.99. The van der Waals surface area contributed by atoms with Crippen LogP contribution in [0.2, 0.25) is 0 Å². The van der Waals surface area contributed by atoms with Crippen LogP contribution in [0.4, 0.5) is 0 Å². The quantitative estimate of drug-likeness (QED) is 0.170. The van der Waals surface area contributed by atoms with Crippen LogP contribution in [0.5, 0.6) is 0 Å². The van der Waals surface area contributed by atoms with Crippen LogP contribution in [0.3, 0.4) is 0 Å². The molecule has 0 atom stereocenters. The zero-order valence-corrected chi connectivity index (χ0v) is 31.7. The van der Waals surface area contributed by atoms with Crippen molar-refractivity contribution in [3.8, 4) is 56.4 Å². The molecule has 0 fully saturated rings. The predicted molar refractivity (Wildman–Crippen MR) is 239 cm³/mol. The van der Waals surface area contributed by atoms with Gasteiger partial charge >= 0.3 is 0 Å². The van der Waals surface area contributed by atoms with E-state index in [4.69, 9.17) is 4.98 Å². The Balaban J connectivity index is 1.07. The van der Waals surface area contributed by atoms with Crippen molar-refractivity contribution < 1.29 is 0 Å². The monoisotopic (exact) mass is 743 g/mol. The Morgan fingerprint density at radius 3 is 1.88 bits per heavy atom. The standard InChI is InChI=1S/C53H37N5/c1-2-7-23-51-43(19-6-1)45-32-37(38-25-27-44-42-20-8-9-24-50(42)57(53(44)35-38)40-16-4-3-5-17-40)26-28-52(45)58(51)41-18-14-15-36(31-41)39-33-48(46-21-10-12-29-54-46)56-49(34-39)47-22-11-13-30-55-47/h1-5,7-18,20-35H,6,19H2/b2-1+,23-7-. The number of nitrogens with zero attached hydrogens (tertiary/aromatic N) is 5. The van der Waals surface area contributed by atoms with Crippen LogP contribution < -0.4 is 0 Å². The van der Waals surface area contributed by atoms with Crippen molar-refractivity contribution in [3.05, 3.63) is 206 Å². The fraction of sp³-hybridized carbons (Fsp3) is 0.0377. The molecule has 0 unspecified atom stereocenters. The van der Waals surface area contributed by atoms with E-state index in [1.54, 1.807) is 0 Å². The van der Waals surface area contributed by atoms with Gasteiger partial charge in [-0.05, 0) is 132 Å². The van der Waals surface area contributed by atoms with Gasteiger partial charge in [0.25, 0.3) is 0 Å². The Labute approximate surface area is 336 Å². The van der Waals surface area contributed by atoms with Crippen LogP contribution >= 0.6 is 0 Å². The zero-order valence-electron chi connectivity index (χ0n) is 31.7. The minimum Gasteiger partial charge on any atom is -0.310 e. The molecule has 10 aromatic rings. The molecule has 0 radical (unpaired) electrons. The first kappa shape index (κ1) is 33.7. The van der Waals surface area contributed by atoms with Gasteiger partial charge in [-0.25, -0.2) is 4.98 Å². The molecule has 0 amide bonds. The van der Waals surface area contributed by atoms with Crippen LogP contribution in [-0.4, -0.2) is 24.1 Å². The molecule has 274 valence electrons. The molecule has 1 aliphatic carbocycles. The van der Waals surface area contributed by atoms with Crippen LogP contribution in [0, 0.1) is 0 Å². The largest absolute Gasteiger partial charge is 0.310 e. The summed E-state index contributed by atoms with van der Waals surface area (Å²) < 4.78 is 4.83. The van der Waals surface area contributed by atoms with E-state index in [1.165, 1.54) is 55.1 Å². The van der Waals surface area contributed by atoms with Gasteiger partial charge in [-0.3, -0.25) is 9.97 Å². The van der Waals surface area contributed by atoms with Crippen molar-refractivity contribution in [1.29, 1.82) is 0 Å². The molecule has 0 saturated heterocycles. The average Bonchev–Trinajstić information content (AvgIpc) is 3.77. The number of hydrogen-bond acceptors (Lipinski definition) is 3. The summed E-state index contributed by atoms with van der Waals surface area (Å²) in [4.78, 5) is 14.3. The van der Waals surface area contributed by atoms with E-state index in [1.807, 2.05) is 48.8 Å². The van der Waals surface area contributed by atoms with Gasteiger partial charge < -0.3 is 9.13 Å². The van der Waals surface area contributed by atoms with Crippen molar-refractivity contribution in [2.75, 3.05) is 0 Å². The molecule has 0 N–H and O–H groups in total. The molecule has 0 spiro atoms. The summed E-state index contributed by atoms with van der Waals surface area (Å²) >= 11 is 0. The van der Waals surface area contributed by atoms with Crippen LogP contribution in [-0.2, 0) is 6.42 Å². The van der Waals surface area contributed by atoms with E-state index in [2.05, 4.69) is 171 Å². The summed E-state index contributed by atoms with van der Waals surface area (Å²) in [7, 11) is 0. The van der Waals surface area contributed by atoms with Crippen LogP contribution in [0.25, 0.3) is 95.2 Å². The van der Waals surface area contributed by atoms with Crippen molar-refractivity contribution in [3.63, 3.8) is 0 Å². The molecule has 5 nitrogen and oxygen atoms in total. The van der Waals surface area contributed by atoms with E-state index in [0.717, 1.165) is 58.1 Å². The van der Waals surface area contributed by atoms with Gasteiger partial charge in [0.1, 0.15) is 0 Å². The number of hydrogen-bond donors (Lipinski definition) is 0. The molecule has 0 bridgehead atoms. The number of pyridine rings is 3. The topological polar surface area (TPSA) is 48.5 Å². The highest BCUT2D eigenvalue weighted by molar-refractivity contribution is 6.10. The normalized spacial score (nSPS) is 13.7. The molecule has 5 aromatic heterocycles. The molecule has 5 aromatic carbocycles. The van der Waals surface area contributed by atoms with Crippen molar-refractivity contribution in [2.24, 2.45) is 0 Å². The highest BCUT2D eigenvalue weighted by Gasteiger charge is 2.20. The Morgan fingerprint density at radius 1 is 0.414 bits per heavy atom. The molecular formula is C53H37N5. The van der Waals surface area contributed by atoms with Gasteiger partial charge in [0.2, 0.25) is 0 Å². The summed E-state index contributed by atoms with van der Waals surface area (Å²) in [5.74, 6) is 0. The number of rotatable bonds is 6. The summed E-state index contributed by atoms with van der Waals surface area (Å²) in [5.41, 5.74) is 16.3. The molecule has 0 saturated carbocycles. The highest BCUT2D eigenvalue weighted by atomic mass is 15.0. The average molecular weight is 744 g/mol. The lowest BCUT2D eigenvalue weighted by atomic mass is 9.98. The fourth-order valence-corrected chi connectivity index (χ4v) is 8.64. The molecule has 58 heavy (non-hydrogen) atoms. The minimum atomic E-state index is 0.810. The van der Waals surface area contributed by atoms with Gasteiger partial charge in [-0.1, -0.05) is 97.1 Å². The molecule has 0 aliphatic heterocycles. The number of allylic oxidation sites excluding steroid dienone is 3. The van der Waals surface area contributed by atoms with Gasteiger partial charge in [0.15, 0.2) is 0 Å². The molecule has 5 heterocycles. The summed E-state index contributed by atoms with van der Waals surface area (Å²) in [5, 5.41) is 3.79. The number of para-hydroxylation sites is 2. The molecule has 1 aliphatic rings. The van der Waals surface area contributed by atoms with E-state index >= 15 is 0 Å². The van der Waals surface area contributed by atoms with Crippen molar-refractivity contribution in [2.45, 2.75) is 12.8 Å². The third kappa shape index (κ3) is 5.84. The number of fused-ring (bicyclic) bond motifs is 6. The SMILES string of the molecule is C1=C\c2c(c3cc(-c4ccc5c6ccccc6n(-c6ccccc6)c5c4)ccc3n2-c2cccc(-c3cc(-c4ccccn4)nc(-c4ccccn4)c3)c2)CC/C=C/1. The Morgan fingerprint density at radius 2 is 1.09 bits per heavy atom. The first-order valence-corrected chi connectivity index (χ1v) is 19.8. The first-order chi connectivity index (χ1) is 28.8. The maximum absolute atomic E-state index is 5.02. The molecule has 11 rings (SSSR count). The number of aromatic nitrogens is 5. The zero-order chi connectivity index (χ0) is 38.4. The van der Waals surface area contributed by atoms with Gasteiger partial charge in [-0.15, -0.1) is 0 Å². The number of aryl methyl sites for hydroxylation is 1. The second-order valence-electron chi connectivity index (χ2n) is 14.8. The summed E-state index contributed by atoms with van der Waals surface area (Å²) in [6.45, 7) is 0. The van der Waals surface area contributed by atoms with Crippen molar-refractivity contribution in [1.82, 2.24) is 24.1 Å². The van der Waals surface area contributed by atoms with Gasteiger partial charge in [0, 0.05) is 39.9 Å². The number of benzene rings is 5. The Kier molecular flexibility index (Phi) is 8.21. The summed E-state index contributed by atoms with van der Waals surface area (Å²) in [6.07, 6.45) is 14.4.